The van der Waals surface area contributed by atoms with Crippen LogP contribution in [0.4, 0.5) is 0 Å². The summed E-state index contributed by atoms with van der Waals surface area (Å²) in [6.07, 6.45) is 4.08. The van der Waals surface area contributed by atoms with Crippen molar-refractivity contribution >= 4 is 0 Å². The van der Waals surface area contributed by atoms with Crippen molar-refractivity contribution in [3.05, 3.63) is 105 Å². The summed E-state index contributed by atoms with van der Waals surface area (Å²) in [7, 11) is 2.25. The zero-order chi connectivity index (χ0) is 21.1. The van der Waals surface area contributed by atoms with Gasteiger partial charge in [-0.3, -0.25) is 4.90 Å². The van der Waals surface area contributed by atoms with Gasteiger partial charge >= 0.3 is 0 Å². The van der Waals surface area contributed by atoms with Crippen LogP contribution in [-0.2, 0) is 25.7 Å². The summed E-state index contributed by atoms with van der Waals surface area (Å²) in [6, 6.07) is 24.9. The molecule has 0 bridgehead atoms. The van der Waals surface area contributed by atoms with Gasteiger partial charge in [0, 0.05) is 12.6 Å². The highest BCUT2D eigenvalue weighted by molar-refractivity contribution is 5.43. The topological polar surface area (TPSA) is 27.0 Å². The Kier molecular flexibility index (Phi) is 6.02. The lowest BCUT2D eigenvalue weighted by molar-refractivity contribution is 0.229. The molecule has 3 aromatic carbocycles. The summed E-state index contributed by atoms with van der Waals surface area (Å²) >= 11 is 0. The van der Waals surface area contributed by atoms with E-state index in [1.165, 1.54) is 33.4 Å². The molecule has 1 unspecified atom stereocenters. The number of likely N-dealkylation sites (N-methyl/N-ethyl adjacent to an activating group) is 1. The minimum absolute atomic E-state index is 0.437. The number of fused-ring (bicyclic) bond motifs is 1. The van der Waals surface area contributed by atoms with E-state index in [9.17, 15) is 5.26 Å². The Morgan fingerprint density at radius 3 is 2.43 bits per heavy atom. The molecule has 1 heterocycles. The van der Waals surface area contributed by atoms with Gasteiger partial charge in [-0.15, -0.1) is 0 Å². The van der Waals surface area contributed by atoms with Crippen LogP contribution in [0.15, 0.2) is 60.7 Å². The van der Waals surface area contributed by atoms with Crippen molar-refractivity contribution < 1.29 is 0 Å². The molecule has 30 heavy (non-hydrogen) atoms. The van der Waals surface area contributed by atoms with Crippen LogP contribution in [-0.4, -0.2) is 18.5 Å². The first kappa shape index (κ1) is 20.4. The molecule has 0 spiro atoms. The number of aryl methyl sites for hydroxylation is 2. The number of nitriles is 1. The van der Waals surface area contributed by atoms with Crippen LogP contribution in [0.3, 0.4) is 0 Å². The molecule has 0 fully saturated rings. The zero-order valence-corrected chi connectivity index (χ0v) is 18.3. The Morgan fingerprint density at radius 2 is 1.70 bits per heavy atom. The normalized spacial score (nSPS) is 16.1. The van der Waals surface area contributed by atoms with Crippen molar-refractivity contribution in [2.45, 2.75) is 45.6 Å². The molecule has 2 nitrogen and oxygen atoms in total. The quantitative estimate of drug-likeness (QED) is 0.547. The Hall–Kier alpha value is -2.89. The molecule has 152 valence electrons. The fraction of sp³-hybridized carbons (Fsp3) is 0.321. The second-order valence-corrected chi connectivity index (χ2v) is 8.60. The van der Waals surface area contributed by atoms with Crippen LogP contribution in [0.2, 0.25) is 0 Å². The molecule has 0 aromatic heterocycles. The van der Waals surface area contributed by atoms with Crippen LogP contribution >= 0.6 is 0 Å². The monoisotopic (exact) mass is 394 g/mol. The Morgan fingerprint density at radius 1 is 0.967 bits per heavy atom. The van der Waals surface area contributed by atoms with Gasteiger partial charge in [-0.25, -0.2) is 0 Å². The summed E-state index contributed by atoms with van der Waals surface area (Å²) < 4.78 is 0. The lowest BCUT2D eigenvalue weighted by Crippen LogP contribution is -2.33. The highest BCUT2D eigenvalue weighted by Gasteiger charge is 2.25. The fourth-order valence-corrected chi connectivity index (χ4v) is 4.59. The van der Waals surface area contributed by atoms with Crippen LogP contribution in [0.1, 0.15) is 57.5 Å². The summed E-state index contributed by atoms with van der Waals surface area (Å²) in [5, 5.41) is 9.40. The van der Waals surface area contributed by atoms with Gasteiger partial charge in [0.2, 0.25) is 0 Å². The average Bonchev–Trinajstić information content (AvgIpc) is 2.77. The SMILES string of the molecule is CCc1ccc2c(c1)CCN(C)C2Cc1ccc(Cc2cc(C)ccc2C#N)cc1. The number of nitrogens with zero attached hydrogens (tertiary/aromatic N) is 2. The summed E-state index contributed by atoms with van der Waals surface area (Å²) in [6.45, 7) is 5.43. The van der Waals surface area contributed by atoms with E-state index >= 15 is 0 Å². The van der Waals surface area contributed by atoms with Gasteiger partial charge < -0.3 is 0 Å². The maximum atomic E-state index is 9.40. The zero-order valence-electron chi connectivity index (χ0n) is 18.3. The molecule has 3 aromatic rings. The number of rotatable bonds is 5. The van der Waals surface area contributed by atoms with Crippen LogP contribution < -0.4 is 0 Å². The fourth-order valence-electron chi connectivity index (χ4n) is 4.59. The highest BCUT2D eigenvalue weighted by atomic mass is 15.1. The predicted molar refractivity (Wildman–Crippen MR) is 124 cm³/mol. The number of hydrogen-bond donors (Lipinski definition) is 0. The predicted octanol–water partition coefficient (Wildman–Crippen LogP) is 5.79. The lowest BCUT2D eigenvalue weighted by Gasteiger charge is -2.35. The third-order valence-electron chi connectivity index (χ3n) is 6.47. The second-order valence-electron chi connectivity index (χ2n) is 8.60. The molecule has 0 N–H and O–H groups in total. The molecule has 0 saturated heterocycles. The molecule has 0 saturated carbocycles. The summed E-state index contributed by atoms with van der Waals surface area (Å²) in [5.41, 5.74) is 10.2. The summed E-state index contributed by atoms with van der Waals surface area (Å²) in [5.74, 6) is 0. The molecular formula is C28H30N2. The maximum absolute atomic E-state index is 9.40. The number of hydrogen-bond acceptors (Lipinski definition) is 2. The molecule has 4 rings (SSSR count). The van der Waals surface area contributed by atoms with E-state index in [0.717, 1.165) is 43.4 Å². The second kappa shape index (κ2) is 8.86. The lowest BCUT2D eigenvalue weighted by atomic mass is 9.87. The van der Waals surface area contributed by atoms with Crippen molar-refractivity contribution in [3.8, 4) is 6.07 Å². The molecule has 0 aliphatic carbocycles. The van der Waals surface area contributed by atoms with Gasteiger partial charge in [0.25, 0.3) is 0 Å². The van der Waals surface area contributed by atoms with E-state index in [2.05, 4.69) is 80.4 Å². The minimum Gasteiger partial charge on any atom is -0.299 e. The van der Waals surface area contributed by atoms with Gasteiger partial charge in [-0.1, -0.05) is 67.1 Å². The van der Waals surface area contributed by atoms with Crippen LogP contribution in [0, 0.1) is 18.3 Å². The largest absolute Gasteiger partial charge is 0.299 e. The minimum atomic E-state index is 0.437. The molecule has 1 aliphatic rings. The first-order valence-corrected chi connectivity index (χ1v) is 11.0. The molecule has 1 atom stereocenters. The van der Waals surface area contributed by atoms with Gasteiger partial charge in [0.05, 0.1) is 11.6 Å². The number of benzene rings is 3. The van der Waals surface area contributed by atoms with E-state index in [1.54, 1.807) is 0 Å². The Bertz CT molecular complexity index is 1070. The third-order valence-corrected chi connectivity index (χ3v) is 6.47. The van der Waals surface area contributed by atoms with Crippen LogP contribution in [0.5, 0.6) is 0 Å². The summed E-state index contributed by atoms with van der Waals surface area (Å²) in [4.78, 5) is 2.49. The molecule has 0 amide bonds. The van der Waals surface area contributed by atoms with Gasteiger partial charge in [-0.2, -0.15) is 5.26 Å². The molecule has 0 radical (unpaired) electrons. The van der Waals surface area contributed by atoms with Gasteiger partial charge in [0.15, 0.2) is 0 Å². The Labute approximate surface area is 180 Å². The van der Waals surface area contributed by atoms with E-state index in [-0.39, 0.29) is 0 Å². The first-order chi connectivity index (χ1) is 14.6. The Balaban J connectivity index is 1.52. The van der Waals surface area contributed by atoms with E-state index in [0.29, 0.717) is 6.04 Å². The molecular weight excluding hydrogens is 364 g/mol. The van der Waals surface area contributed by atoms with Crippen molar-refractivity contribution in [3.63, 3.8) is 0 Å². The standard InChI is InChI=1S/C28H30N2/c1-4-21-10-12-27-24(16-21)13-14-30(3)28(27)18-23-8-6-22(7-9-23)17-26-15-20(2)5-11-25(26)19-29/h5-12,15-16,28H,4,13-14,17-18H2,1-3H3. The van der Waals surface area contributed by atoms with E-state index in [1.807, 2.05) is 12.1 Å². The maximum Gasteiger partial charge on any atom is 0.0994 e. The smallest absolute Gasteiger partial charge is 0.0994 e. The highest BCUT2D eigenvalue weighted by Crippen LogP contribution is 2.32. The van der Waals surface area contributed by atoms with Crippen molar-refractivity contribution in [2.24, 2.45) is 0 Å². The average molecular weight is 395 g/mol. The van der Waals surface area contributed by atoms with Crippen molar-refractivity contribution in [2.75, 3.05) is 13.6 Å². The van der Waals surface area contributed by atoms with Gasteiger partial charge in [0.1, 0.15) is 0 Å². The molecule has 2 heteroatoms. The molecule has 1 aliphatic heterocycles. The van der Waals surface area contributed by atoms with Crippen molar-refractivity contribution in [1.82, 2.24) is 4.90 Å². The van der Waals surface area contributed by atoms with E-state index in [4.69, 9.17) is 0 Å². The first-order valence-electron chi connectivity index (χ1n) is 11.0. The van der Waals surface area contributed by atoms with Gasteiger partial charge in [-0.05, 0) is 79.1 Å². The van der Waals surface area contributed by atoms with Crippen molar-refractivity contribution in [1.29, 1.82) is 5.26 Å². The van der Waals surface area contributed by atoms with E-state index < -0.39 is 0 Å². The van der Waals surface area contributed by atoms with Crippen LogP contribution in [0.25, 0.3) is 0 Å². The third kappa shape index (κ3) is 4.32.